The van der Waals surface area contributed by atoms with Crippen LogP contribution in [0.2, 0.25) is 0 Å². The summed E-state index contributed by atoms with van der Waals surface area (Å²) in [6.07, 6.45) is 0.693. The van der Waals surface area contributed by atoms with E-state index in [1.54, 1.807) is 19.1 Å². The summed E-state index contributed by atoms with van der Waals surface area (Å²) in [6.45, 7) is 2.71. The van der Waals surface area contributed by atoms with E-state index in [9.17, 15) is 9.18 Å². The molecule has 2 aromatic carbocycles. The van der Waals surface area contributed by atoms with Gasteiger partial charge in [-0.1, -0.05) is 12.1 Å². The highest BCUT2D eigenvalue weighted by Crippen LogP contribution is 2.37. The molecule has 1 aliphatic heterocycles. The Labute approximate surface area is 209 Å². The number of hydrogen-bond acceptors (Lipinski definition) is 5. The standard InChI is InChI=1S/C27H32FN5O3/c1-16(15-35-3)33-23(11-18-6-5-7-24(36-4)25(18)33)26-30-21-12-20-17(10-22(21)31(26)2)8-9-32(27(20)34)14-19(29)13-28/h5-7,10-12,16,19H,8-9,13-15,29H2,1-4H3/t16-,19-/m1/s1. The minimum atomic E-state index is -0.673. The van der Waals surface area contributed by atoms with Gasteiger partial charge in [0.2, 0.25) is 0 Å². The average Bonchev–Trinajstić information content (AvgIpc) is 3.42. The lowest BCUT2D eigenvalue weighted by molar-refractivity contribution is 0.0725. The van der Waals surface area contributed by atoms with Crippen LogP contribution < -0.4 is 10.5 Å². The molecule has 0 radical (unpaired) electrons. The first-order valence-corrected chi connectivity index (χ1v) is 12.1. The van der Waals surface area contributed by atoms with E-state index < -0.39 is 12.7 Å². The lowest BCUT2D eigenvalue weighted by atomic mass is 9.97. The molecule has 0 saturated carbocycles. The molecule has 2 aromatic heterocycles. The number of amides is 1. The fourth-order valence-corrected chi connectivity index (χ4v) is 5.31. The van der Waals surface area contributed by atoms with Crippen molar-refractivity contribution in [1.82, 2.24) is 19.0 Å². The molecule has 1 amide bonds. The molecule has 190 valence electrons. The number of halogens is 1. The van der Waals surface area contributed by atoms with E-state index in [0.29, 0.717) is 25.1 Å². The first-order chi connectivity index (χ1) is 17.4. The summed E-state index contributed by atoms with van der Waals surface area (Å²) >= 11 is 0. The number of benzene rings is 2. The van der Waals surface area contributed by atoms with Crippen LogP contribution in [-0.4, -0.2) is 71.6 Å². The second-order valence-electron chi connectivity index (χ2n) is 9.51. The van der Waals surface area contributed by atoms with Gasteiger partial charge in [0.25, 0.3) is 5.91 Å². The Hall–Kier alpha value is -3.43. The van der Waals surface area contributed by atoms with Crippen molar-refractivity contribution < 1.29 is 18.7 Å². The zero-order valence-electron chi connectivity index (χ0n) is 21.1. The molecule has 8 nitrogen and oxygen atoms in total. The molecule has 2 N–H and O–H groups in total. The molecule has 9 heteroatoms. The van der Waals surface area contributed by atoms with Gasteiger partial charge in [0.1, 0.15) is 12.4 Å². The van der Waals surface area contributed by atoms with Crippen LogP contribution in [0.5, 0.6) is 5.75 Å². The molecule has 3 heterocycles. The largest absolute Gasteiger partial charge is 0.495 e. The number of nitrogens with zero attached hydrogens (tertiary/aromatic N) is 4. The molecule has 0 bridgehead atoms. The maximum Gasteiger partial charge on any atom is 0.254 e. The highest BCUT2D eigenvalue weighted by Gasteiger charge is 2.28. The monoisotopic (exact) mass is 493 g/mol. The van der Waals surface area contributed by atoms with Gasteiger partial charge < -0.3 is 29.2 Å². The Bertz CT molecular complexity index is 1440. The van der Waals surface area contributed by atoms with Gasteiger partial charge in [-0.2, -0.15) is 0 Å². The van der Waals surface area contributed by atoms with Crippen molar-refractivity contribution in [1.29, 1.82) is 0 Å². The number of para-hydroxylation sites is 1. The predicted octanol–water partition coefficient (Wildman–Crippen LogP) is 3.71. The van der Waals surface area contributed by atoms with Gasteiger partial charge in [-0.05, 0) is 43.2 Å². The smallest absolute Gasteiger partial charge is 0.254 e. The van der Waals surface area contributed by atoms with Gasteiger partial charge in [-0.25, -0.2) is 9.37 Å². The van der Waals surface area contributed by atoms with E-state index in [-0.39, 0.29) is 18.5 Å². The van der Waals surface area contributed by atoms with Crippen LogP contribution in [0.25, 0.3) is 33.5 Å². The molecular formula is C27H32FN5O3. The summed E-state index contributed by atoms with van der Waals surface area (Å²) in [5, 5.41) is 1.05. The number of imidazole rings is 1. The van der Waals surface area contributed by atoms with Gasteiger partial charge >= 0.3 is 0 Å². The quantitative estimate of drug-likeness (QED) is 0.404. The summed E-state index contributed by atoms with van der Waals surface area (Å²) in [5.41, 5.74) is 11.0. The van der Waals surface area contributed by atoms with E-state index in [2.05, 4.69) is 34.3 Å². The third kappa shape index (κ3) is 3.92. The maximum absolute atomic E-state index is 13.2. The van der Waals surface area contributed by atoms with Crippen LogP contribution in [0.4, 0.5) is 4.39 Å². The molecule has 0 spiro atoms. The van der Waals surface area contributed by atoms with Crippen LogP contribution in [0.3, 0.4) is 0 Å². The Morgan fingerprint density at radius 2 is 2.03 bits per heavy atom. The van der Waals surface area contributed by atoms with Crippen molar-refractivity contribution in [3.63, 3.8) is 0 Å². The lowest BCUT2D eigenvalue weighted by Crippen LogP contribution is -2.45. The molecule has 4 aromatic rings. The first-order valence-electron chi connectivity index (χ1n) is 12.1. The number of nitrogens with two attached hydrogens (primary N) is 1. The number of methoxy groups -OCH3 is 2. The number of fused-ring (bicyclic) bond motifs is 3. The molecule has 0 fully saturated rings. The summed E-state index contributed by atoms with van der Waals surface area (Å²) < 4.78 is 28.4. The van der Waals surface area contributed by atoms with E-state index in [0.717, 1.165) is 44.8 Å². The first kappa shape index (κ1) is 24.3. The molecule has 0 unspecified atom stereocenters. The number of aromatic nitrogens is 3. The minimum absolute atomic E-state index is 0.0293. The zero-order chi connectivity index (χ0) is 25.6. The van der Waals surface area contributed by atoms with Gasteiger partial charge in [0, 0.05) is 38.2 Å². The zero-order valence-corrected chi connectivity index (χ0v) is 21.1. The number of carbonyl (C=O) groups excluding carboxylic acids is 1. The van der Waals surface area contributed by atoms with Gasteiger partial charge in [0.15, 0.2) is 5.82 Å². The fourth-order valence-electron chi connectivity index (χ4n) is 5.31. The fraction of sp³-hybridized carbons (Fsp3) is 0.407. The Morgan fingerprint density at radius 3 is 2.75 bits per heavy atom. The van der Waals surface area contributed by atoms with E-state index in [4.69, 9.17) is 20.2 Å². The summed E-state index contributed by atoms with van der Waals surface area (Å²) in [6, 6.07) is 11.4. The molecule has 36 heavy (non-hydrogen) atoms. The number of hydrogen-bond donors (Lipinski definition) is 1. The highest BCUT2D eigenvalue weighted by atomic mass is 19.1. The third-order valence-corrected chi connectivity index (χ3v) is 7.05. The van der Waals surface area contributed by atoms with Crippen molar-refractivity contribution in [3.05, 3.63) is 47.5 Å². The van der Waals surface area contributed by atoms with Crippen LogP contribution in [0, 0.1) is 0 Å². The minimum Gasteiger partial charge on any atom is -0.495 e. The van der Waals surface area contributed by atoms with E-state index in [1.165, 1.54) is 0 Å². The van der Waals surface area contributed by atoms with Gasteiger partial charge in [-0.15, -0.1) is 0 Å². The molecule has 0 aliphatic carbocycles. The molecule has 5 rings (SSSR count). The summed E-state index contributed by atoms with van der Waals surface area (Å²) in [7, 11) is 5.36. The summed E-state index contributed by atoms with van der Waals surface area (Å²) in [5.74, 6) is 1.45. The molecule has 1 aliphatic rings. The van der Waals surface area contributed by atoms with Crippen LogP contribution in [-0.2, 0) is 18.2 Å². The number of rotatable bonds is 8. The molecule has 2 atom stereocenters. The number of ether oxygens (including phenoxy) is 2. The predicted molar refractivity (Wildman–Crippen MR) is 138 cm³/mol. The van der Waals surface area contributed by atoms with Crippen LogP contribution >= 0.6 is 0 Å². The Kier molecular flexibility index (Phi) is 6.44. The van der Waals surface area contributed by atoms with Crippen LogP contribution in [0.15, 0.2) is 36.4 Å². The maximum atomic E-state index is 13.2. The van der Waals surface area contributed by atoms with Crippen molar-refractivity contribution in [3.8, 4) is 17.3 Å². The second kappa shape index (κ2) is 9.55. The van der Waals surface area contributed by atoms with Crippen LogP contribution in [0.1, 0.15) is 28.9 Å². The van der Waals surface area contributed by atoms with Gasteiger partial charge in [-0.3, -0.25) is 4.79 Å². The molecule has 0 saturated heterocycles. The van der Waals surface area contributed by atoms with Crippen molar-refractivity contribution in [2.45, 2.75) is 25.4 Å². The van der Waals surface area contributed by atoms with Crippen molar-refractivity contribution >= 4 is 27.8 Å². The normalized spacial score (nSPS) is 15.5. The van der Waals surface area contributed by atoms with Crippen molar-refractivity contribution in [2.75, 3.05) is 40.6 Å². The number of aryl methyl sites for hydroxylation is 1. The Balaban J connectivity index is 1.65. The topological polar surface area (TPSA) is 87.5 Å². The second-order valence-corrected chi connectivity index (χ2v) is 9.51. The van der Waals surface area contributed by atoms with Gasteiger partial charge in [0.05, 0.1) is 48.0 Å². The lowest BCUT2D eigenvalue weighted by Gasteiger charge is -2.30. The molecular weight excluding hydrogens is 461 g/mol. The highest BCUT2D eigenvalue weighted by molar-refractivity contribution is 6.01. The number of carbonyl (C=O) groups is 1. The summed E-state index contributed by atoms with van der Waals surface area (Å²) in [4.78, 5) is 19.8. The SMILES string of the molecule is COC[C@@H](C)n1c(-c2nc3cc4c(cc3n2C)CCN(C[C@H](N)CF)C4=O)cc2cccc(OC)c21. The van der Waals surface area contributed by atoms with Crippen molar-refractivity contribution in [2.24, 2.45) is 12.8 Å². The third-order valence-electron chi connectivity index (χ3n) is 7.05. The van der Waals surface area contributed by atoms with E-state index >= 15 is 0 Å². The number of alkyl halides is 1. The van der Waals surface area contributed by atoms with E-state index in [1.807, 2.05) is 25.2 Å². The Morgan fingerprint density at radius 1 is 1.22 bits per heavy atom. The average molecular weight is 494 g/mol.